The first-order chi connectivity index (χ1) is 7.89. The highest BCUT2D eigenvalue weighted by atomic mass is 16.5. The Labute approximate surface area is 106 Å². The molecule has 0 aromatic carbocycles. The molecule has 0 radical (unpaired) electrons. The Morgan fingerprint density at radius 1 is 1.35 bits per heavy atom. The van der Waals surface area contributed by atoms with Gasteiger partial charge in [0.15, 0.2) is 0 Å². The standard InChI is InChI=1S/C13H30N2O2/c1-13(2,3)8-12(16)9-15-11(10-17-4)6-5-7-14/h11-12,15-16H,5-10,14H2,1-4H3. The van der Waals surface area contributed by atoms with Gasteiger partial charge in [-0.25, -0.2) is 0 Å². The highest BCUT2D eigenvalue weighted by Crippen LogP contribution is 2.20. The Kier molecular flexibility index (Phi) is 8.78. The Hall–Kier alpha value is -0.160. The zero-order valence-electron chi connectivity index (χ0n) is 11.8. The Morgan fingerprint density at radius 3 is 2.47 bits per heavy atom. The van der Waals surface area contributed by atoms with Crippen molar-refractivity contribution < 1.29 is 9.84 Å². The van der Waals surface area contributed by atoms with Gasteiger partial charge in [0.25, 0.3) is 0 Å². The monoisotopic (exact) mass is 246 g/mol. The van der Waals surface area contributed by atoms with Crippen molar-refractivity contribution in [2.24, 2.45) is 11.1 Å². The van der Waals surface area contributed by atoms with E-state index in [1.54, 1.807) is 7.11 Å². The molecule has 0 saturated carbocycles. The SMILES string of the molecule is COCC(CCCN)NCC(O)CC(C)(C)C. The van der Waals surface area contributed by atoms with Crippen LogP contribution in [-0.2, 0) is 4.74 Å². The van der Waals surface area contributed by atoms with E-state index in [0.29, 0.717) is 19.7 Å². The summed E-state index contributed by atoms with van der Waals surface area (Å²) < 4.78 is 5.15. The minimum atomic E-state index is -0.299. The molecule has 0 aliphatic rings. The van der Waals surface area contributed by atoms with Crippen LogP contribution in [0.5, 0.6) is 0 Å². The minimum absolute atomic E-state index is 0.162. The summed E-state index contributed by atoms with van der Waals surface area (Å²) in [4.78, 5) is 0. The quantitative estimate of drug-likeness (QED) is 0.570. The number of hydrogen-bond acceptors (Lipinski definition) is 4. The second-order valence-corrected chi connectivity index (χ2v) is 5.91. The van der Waals surface area contributed by atoms with E-state index in [9.17, 15) is 5.11 Å². The molecule has 4 nitrogen and oxygen atoms in total. The third-order valence-corrected chi connectivity index (χ3v) is 2.61. The molecule has 0 bridgehead atoms. The molecule has 0 saturated heterocycles. The van der Waals surface area contributed by atoms with Gasteiger partial charge in [-0.2, -0.15) is 0 Å². The maximum atomic E-state index is 9.90. The van der Waals surface area contributed by atoms with Crippen molar-refractivity contribution in [1.29, 1.82) is 0 Å². The van der Waals surface area contributed by atoms with E-state index in [-0.39, 0.29) is 17.6 Å². The molecule has 0 aromatic heterocycles. The molecule has 0 fully saturated rings. The topological polar surface area (TPSA) is 67.5 Å². The molecule has 0 spiro atoms. The summed E-state index contributed by atoms with van der Waals surface area (Å²) in [5.41, 5.74) is 5.66. The summed E-state index contributed by atoms with van der Waals surface area (Å²) >= 11 is 0. The van der Waals surface area contributed by atoms with E-state index < -0.39 is 0 Å². The lowest BCUT2D eigenvalue weighted by atomic mass is 9.89. The Morgan fingerprint density at radius 2 is 2.00 bits per heavy atom. The van der Waals surface area contributed by atoms with Crippen LogP contribution in [0.3, 0.4) is 0 Å². The first-order valence-electron chi connectivity index (χ1n) is 6.49. The fourth-order valence-electron chi connectivity index (χ4n) is 1.89. The third kappa shape index (κ3) is 10.7. The number of nitrogens with one attached hydrogen (secondary N) is 1. The summed E-state index contributed by atoms with van der Waals surface area (Å²) in [5.74, 6) is 0. The summed E-state index contributed by atoms with van der Waals surface area (Å²) in [5, 5.41) is 13.2. The average Bonchev–Trinajstić information content (AvgIpc) is 2.19. The number of nitrogens with two attached hydrogens (primary N) is 1. The van der Waals surface area contributed by atoms with Crippen LogP contribution < -0.4 is 11.1 Å². The summed E-state index contributed by atoms with van der Waals surface area (Å²) in [6.45, 7) is 8.40. The van der Waals surface area contributed by atoms with Gasteiger partial charge in [-0.3, -0.25) is 0 Å². The van der Waals surface area contributed by atoms with Crippen LogP contribution in [0.15, 0.2) is 0 Å². The van der Waals surface area contributed by atoms with Crippen LogP contribution in [0.4, 0.5) is 0 Å². The highest BCUT2D eigenvalue weighted by molar-refractivity contribution is 4.73. The van der Waals surface area contributed by atoms with E-state index in [1.807, 2.05) is 0 Å². The van der Waals surface area contributed by atoms with Crippen LogP contribution in [0.1, 0.15) is 40.0 Å². The second kappa shape index (κ2) is 8.86. The lowest BCUT2D eigenvalue weighted by Gasteiger charge is -2.25. The van der Waals surface area contributed by atoms with Crippen molar-refractivity contribution in [3.8, 4) is 0 Å². The lowest BCUT2D eigenvalue weighted by Crippen LogP contribution is -2.39. The van der Waals surface area contributed by atoms with Gasteiger partial charge >= 0.3 is 0 Å². The Balaban J connectivity index is 3.85. The number of ether oxygens (including phenoxy) is 1. The first kappa shape index (κ1) is 16.8. The van der Waals surface area contributed by atoms with E-state index in [1.165, 1.54) is 0 Å². The molecule has 0 aliphatic heterocycles. The van der Waals surface area contributed by atoms with Gasteiger partial charge in [0.1, 0.15) is 0 Å². The minimum Gasteiger partial charge on any atom is -0.392 e. The number of aliphatic hydroxyl groups is 1. The van der Waals surface area contributed by atoms with Crippen molar-refractivity contribution in [2.75, 3.05) is 26.8 Å². The summed E-state index contributed by atoms with van der Waals surface area (Å²) in [6, 6.07) is 0.290. The predicted molar refractivity (Wildman–Crippen MR) is 72.0 cm³/mol. The van der Waals surface area contributed by atoms with Gasteiger partial charge in [-0.15, -0.1) is 0 Å². The fourth-order valence-corrected chi connectivity index (χ4v) is 1.89. The predicted octanol–water partition coefficient (Wildman–Crippen LogP) is 1.13. The molecule has 2 atom stereocenters. The molecule has 0 heterocycles. The van der Waals surface area contributed by atoms with Crippen LogP contribution in [0.2, 0.25) is 0 Å². The zero-order chi connectivity index (χ0) is 13.3. The van der Waals surface area contributed by atoms with E-state index >= 15 is 0 Å². The molecular weight excluding hydrogens is 216 g/mol. The van der Waals surface area contributed by atoms with Gasteiger partial charge in [0.2, 0.25) is 0 Å². The van der Waals surface area contributed by atoms with Gasteiger partial charge in [0.05, 0.1) is 12.7 Å². The van der Waals surface area contributed by atoms with Crippen LogP contribution >= 0.6 is 0 Å². The normalized spacial score (nSPS) is 15.9. The first-order valence-corrected chi connectivity index (χ1v) is 6.49. The maximum absolute atomic E-state index is 9.90. The van der Waals surface area contributed by atoms with Crippen molar-refractivity contribution in [3.63, 3.8) is 0 Å². The van der Waals surface area contributed by atoms with Gasteiger partial charge in [-0.1, -0.05) is 20.8 Å². The van der Waals surface area contributed by atoms with Gasteiger partial charge in [-0.05, 0) is 31.2 Å². The zero-order valence-corrected chi connectivity index (χ0v) is 11.8. The van der Waals surface area contributed by atoms with Crippen molar-refractivity contribution in [3.05, 3.63) is 0 Å². The molecule has 4 heteroatoms. The van der Waals surface area contributed by atoms with Crippen LogP contribution in [-0.4, -0.2) is 44.1 Å². The molecule has 0 rings (SSSR count). The van der Waals surface area contributed by atoms with Crippen LogP contribution in [0, 0.1) is 5.41 Å². The number of hydrogen-bond donors (Lipinski definition) is 3. The Bertz CT molecular complexity index is 181. The number of aliphatic hydroxyl groups excluding tert-OH is 1. The molecular formula is C13H30N2O2. The molecule has 0 amide bonds. The fraction of sp³-hybridized carbons (Fsp3) is 1.00. The largest absolute Gasteiger partial charge is 0.392 e. The van der Waals surface area contributed by atoms with Crippen molar-refractivity contribution in [2.45, 2.75) is 52.2 Å². The molecule has 104 valence electrons. The molecule has 17 heavy (non-hydrogen) atoms. The molecule has 4 N–H and O–H groups in total. The molecule has 0 aromatic rings. The average molecular weight is 246 g/mol. The summed E-state index contributed by atoms with van der Waals surface area (Å²) in [7, 11) is 1.70. The van der Waals surface area contributed by atoms with Crippen molar-refractivity contribution in [1.82, 2.24) is 5.32 Å². The van der Waals surface area contributed by atoms with E-state index in [0.717, 1.165) is 19.3 Å². The summed E-state index contributed by atoms with van der Waals surface area (Å²) in [6.07, 6.45) is 2.48. The maximum Gasteiger partial charge on any atom is 0.0669 e. The highest BCUT2D eigenvalue weighted by Gasteiger charge is 2.17. The second-order valence-electron chi connectivity index (χ2n) is 5.91. The number of methoxy groups -OCH3 is 1. The molecule has 0 aliphatic carbocycles. The lowest BCUT2D eigenvalue weighted by molar-refractivity contribution is 0.105. The van der Waals surface area contributed by atoms with Crippen LogP contribution in [0.25, 0.3) is 0 Å². The van der Waals surface area contributed by atoms with Gasteiger partial charge < -0.3 is 20.9 Å². The van der Waals surface area contributed by atoms with E-state index in [2.05, 4.69) is 26.1 Å². The van der Waals surface area contributed by atoms with E-state index in [4.69, 9.17) is 10.5 Å². The smallest absolute Gasteiger partial charge is 0.0669 e. The molecule has 2 unspecified atom stereocenters. The third-order valence-electron chi connectivity index (χ3n) is 2.61. The number of rotatable bonds is 9. The van der Waals surface area contributed by atoms with Crippen molar-refractivity contribution >= 4 is 0 Å². The van der Waals surface area contributed by atoms with Gasteiger partial charge in [0, 0.05) is 19.7 Å².